The maximum absolute atomic E-state index is 3.69. The van der Waals surface area contributed by atoms with E-state index in [0.29, 0.717) is 0 Å². The minimum atomic E-state index is 0.212. The molecular formula is C20H35N. The second-order valence-electron chi connectivity index (χ2n) is 8.01. The molecule has 0 radical (unpaired) electrons. The average molecular weight is 290 g/mol. The van der Waals surface area contributed by atoms with Crippen molar-refractivity contribution >= 4 is 0 Å². The fraction of sp³-hybridized carbons (Fsp3) is 0.700. The Hall–Kier alpha value is -0.820. The first-order chi connectivity index (χ1) is 9.76. The Kier molecular flexibility index (Phi) is 7.45. The van der Waals surface area contributed by atoms with E-state index in [9.17, 15) is 0 Å². The lowest BCUT2D eigenvalue weighted by Gasteiger charge is -2.26. The van der Waals surface area contributed by atoms with Gasteiger partial charge in [0, 0.05) is 5.54 Å². The summed E-state index contributed by atoms with van der Waals surface area (Å²) in [7, 11) is 0. The first-order valence-corrected chi connectivity index (χ1v) is 8.57. The van der Waals surface area contributed by atoms with Crippen molar-refractivity contribution in [3.05, 3.63) is 35.4 Å². The van der Waals surface area contributed by atoms with Crippen LogP contribution in [0.5, 0.6) is 0 Å². The van der Waals surface area contributed by atoms with Gasteiger partial charge in [-0.25, -0.2) is 0 Å². The lowest BCUT2D eigenvalue weighted by atomic mass is 9.91. The molecule has 1 aromatic rings. The van der Waals surface area contributed by atoms with E-state index in [4.69, 9.17) is 0 Å². The van der Waals surface area contributed by atoms with Crippen molar-refractivity contribution in [2.24, 2.45) is 11.8 Å². The normalized spacial score (nSPS) is 13.7. The molecule has 21 heavy (non-hydrogen) atoms. The van der Waals surface area contributed by atoms with Gasteiger partial charge in [0.1, 0.15) is 0 Å². The van der Waals surface area contributed by atoms with Gasteiger partial charge in [-0.3, -0.25) is 0 Å². The van der Waals surface area contributed by atoms with Crippen molar-refractivity contribution in [2.45, 2.75) is 72.8 Å². The lowest BCUT2D eigenvalue weighted by molar-refractivity contribution is 0.344. The minimum absolute atomic E-state index is 0.212. The second-order valence-corrected chi connectivity index (χ2v) is 8.01. The van der Waals surface area contributed by atoms with E-state index >= 15 is 0 Å². The summed E-state index contributed by atoms with van der Waals surface area (Å²) in [6.45, 7) is 14.7. The predicted octanol–water partition coefficient (Wildman–Crippen LogP) is 5.37. The van der Waals surface area contributed by atoms with E-state index < -0.39 is 0 Å². The summed E-state index contributed by atoms with van der Waals surface area (Å²) in [5, 5.41) is 3.69. The van der Waals surface area contributed by atoms with Crippen LogP contribution in [0.4, 0.5) is 0 Å². The number of rotatable bonds is 8. The van der Waals surface area contributed by atoms with Crippen LogP contribution in [0.15, 0.2) is 24.3 Å². The zero-order chi connectivity index (χ0) is 15.9. The zero-order valence-corrected chi connectivity index (χ0v) is 15.0. The van der Waals surface area contributed by atoms with Crippen LogP contribution in [0.1, 0.15) is 65.0 Å². The van der Waals surface area contributed by atoms with Gasteiger partial charge in [-0.2, -0.15) is 0 Å². The van der Waals surface area contributed by atoms with E-state index in [1.807, 2.05) is 0 Å². The molecule has 1 rings (SSSR count). The van der Waals surface area contributed by atoms with E-state index in [1.54, 1.807) is 0 Å². The molecule has 0 saturated heterocycles. The molecule has 1 aromatic carbocycles. The van der Waals surface area contributed by atoms with E-state index in [1.165, 1.54) is 36.8 Å². The highest BCUT2D eigenvalue weighted by Crippen LogP contribution is 2.18. The predicted molar refractivity (Wildman–Crippen MR) is 94.8 cm³/mol. The molecule has 0 spiro atoms. The average Bonchev–Trinajstić information content (AvgIpc) is 2.37. The van der Waals surface area contributed by atoms with Crippen molar-refractivity contribution in [1.29, 1.82) is 0 Å². The summed E-state index contributed by atoms with van der Waals surface area (Å²) in [5.74, 6) is 1.56. The van der Waals surface area contributed by atoms with Crippen LogP contribution < -0.4 is 5.32 Å². The van der Waals surface area contributed by atoms with Crippen LogP contribution in [-0.2, 0) is 6.42 Å². The summed E-state index contributed by atoms with van der Waals surface area (Å²) in [6, 6.07) is 9.05. The summed E-state index contributed by atoms with van der Waals surface area (Å²) in [6.07, 6.45) is 5.22. The third kappa shape index (κ3) is 8.93. The van der Waals surface area contributed by atoms with Gasteiger partial charge in [0.2, 0.25) is 0 Å². The Labute approximate surface area is 132 Å². The number of hydrogen-bond acceptors (Lipinski definition) is 1. The van der Waals surface area contributed by atoms with Gasteiger partial charge in [-0.15, -0.1) is 0 Å². The van der Waals surface area contributed by atoms with Gasteiger partial charge in [0.05, 0.1) is 0 Å². The molecule has 1 nitrogen and oxygen atoms in total. The van der Waals surface area contributed by atoms with Crippen LogP contribution >= 0.6 is 0 Å². The quantitative estimate of drug-likeness (QED) is 0.678. The summed E-state index contributed by atoms with van der Waals surface area (Å²) < 4.78 is 0. The molecule has 0 aliphatic carbocycles. The van der Waals surface area contributed by atoms with Crippen molar-refractivity contribution in [1.82, 2.24) is 5.32 Å². The molecule has 0 heterocycles. The van der Waals surface area contributed by atoms with Crippen LogP contribution in [0.25, 0.3) is 0 Å². The van der Waals surface area contributed by atoms with Gasteiger partial charge in [0.25, 0.3) is 0 Å². The Bertz CT molecular complexity index is 383. The van der Waals surface area contributed by atoms with Gasteiger partial charge in [-0.05, 0) is 64.5 Å². The third-order valence-corrected chi connectivity index (χ3v) is 3.96. The number of benzene rings is 1. The van der Waals surface area contributed by atoms with Crippen molar-refractivity contribution in [2.75, 3.05) is 6.54 Å². The Balaban J connectivity index is 2.55. The fourth-order valence-electron chi connectivity index (χ4n) is 2.60. The number of hydrogen-bond donors (Lipinski definition) is 1. The molecular weight excluding hydrogens is 254 g/mol. The van der Waals surface area contributed by atoms with Crippen LogP contribution in [-0.4, -0.2) is 12.1 Å². The molecule has 0 bridgehead atoms. The summed E-state index contributed by atoms with van der Waals surface area (Å²) in [4.78, 5) is 0. The highest BCUT2D eigenvalue weighted by Gasteiger charge is 2.15. The number of aryl methyl sites for hydroxylation is 1. The molecule has 1 N–H and O–H groups in total. The molecule has 0 aromatic heterocycles. The molecule has 1 heteroatoms. The highest BCUT2D eigenvalue weighted by atomic mass is 14.9. The first-order valence-electron chi connectivity index (χ1n) is 8.57. The van der Waals surface area contributed by atoms with Crippen molar-refractivity contribution in [3.63, 3.8) is 0 Å². The molecule has 120 valence electrons. The lowest BCUT2D eigenvalue weighted by Crippen LogP contribution is -2.39. The minimum Gasteiger partial charge on any atom is -0.312 e. The third-order valence-electron chi connectivity index (χ3n) is 3.96. The van der Waals surface area contributed by atoms with Crippen LogP contribution in [0.2, 0.25) is 0 Å². The van der Waals surface area contributed by atoms with E-state index in [0.717, 1.165) is 18.4 Å². The molecule has 0 aliphatic heterocycles. The van der Waals surface area contributed by atoms with Gasteiger partial charge in [-0.1, -0.05) is 56.5 Å². The Morgan fingerprint density at radius 2 is 1.62 bits per heavy atom. The largest absolute Gasteiger partial charge is 0.312 e. The standard InChI is InChI=1S/C20H35N/c1-16(2)8-7-9-19(15-21-20(4,5)6)14-18-12-10-17(3)11-13-18/h10-13,16,19,21H,7-9,14-15H2,1-6H3. The van der Waals surface area contributed by atoms with Crippen molar-refractivity contribution < 1.29 is 0 Å². The maximum atomic E-state index is 3.69. The Morgan fingerprint density at radius 3 is 2.14 bits per heavy atom. The smallest absolute Gasteiger partial charge is 0.00966 e. The van der Waals surface area contributed by atoms with Crippen LogP contribution in [0, 0.1) is 18.8 Å². The zero-order valence-electron chi connectivity index (χ0n) is 15.0. The molecule has 0 amide bonds. The fourth-order valence-corrected chi connectivity index (χ4v) is 2.60. The monoisotopic (exact) mass is 289 g/mol. The Morgan fingerprint density at radius 1 is 1.00 bits per heavy atom. The van der Waals surface area contributed by atoms with E-state index in [-0.39, 0.29) is 5.54 Å². The molecule has 1 atom stereocenters. The summed E-state index contributed by atoms with van der Waals surface area (Å²) in [5.41, 5.74) is 3.04. The molecule has 0 aliphatic rings. The number of nitrogens with one attached hydrogen (secondary N) is 1. The molecule has 0 fully saturated rings. The first kappa shape index (κ1) is 18.2. The SMILES string of the molecule is Cc1ccc(CC(CCCC(C)C)CNC(C)(C)C)cc1. The van der Waals surface area contributed by atoms with E-state index in [2.05, 4.69) is 71.1 Å². The van der Waals surface area contributed by atoms with Gasteiger partial charge < -0.3 is 5.32 Å². The maximum Gasteiger partial charge on any atom is 0.00966 e. The second kappa shape index (κ2) is 8.58. The van der Waals surface area contributed by atoms with Gasteiger partial charge >= 0.3 is 0 Å². The highest BCUT2D eigenvalue weighted by molar-refractivity contribution is 5.21. The van der Waals surface area contributed by atoms with Crippen LogP contribution in [0.3, 0.4) is 0 Å². The molecule has 0 saturated carbocycles. The molecule has 1 unspecified atom stereocenters. The van der Waals surface area contributed by atoms with Crippen molar-refractivity contribution in [3.8, 4) is 0 Å². The topological polar surface area (TPSA) is 12.0 Å². The van der Waals surface area contributed by atoms with Gasteiger partial charge in [0.15, 0.2) is 0 Å². The summed E-state index contributed by atoms with van der Waals surface area (Å²) >= 11 is 0.